The largest absolute Gasteiger partial charge is 0.481 e. The molecule has 0 radical (unpaired) electrons. The number of nitrogens with two attached hydrogens (primary N) is 1. The van der Waals surface area contributed by atoms with Crippen LogP contribution in [-0.2, 0) is 43.3 Å². The van der Waals surface area contributed by atoms with Crippen molar-refractivity contribution in [2.24, 2.45) is 16.6 Å². The maximum absolute atomic E-state index is 10.6. The van der Waals surface area contributed by atoms with Crippen LogP contribution in [0, 0.1) is 10.8 Å². The van der Waals surface area contributed by atoms with Crippen molar-refractivity contribution in [1.29, 1.82) is 0 Å². The Morgan fingerprint density at radius 2 is 1.15 bits per heavy atom. The average Bonchev–Trinajstić information content (AvgIpc) is 3.86. The Morgan fingerprint density at radius 1 is 0.691 bits per heavy atom. The van der Waals surface area contributed by atoms with E-state index in [0.717, 1.165) is 79.2 Å². The van der Waals surface area contributed by atoms with Gasteiger partial charge in [-0.25, -0.2) is 0 Å². The summed E-state index contributed by atoms with van der Waals surface area (Å²) in [5.74, 6) is 1.45. The number of carboxylic acid groups (broad SMARTS) is 1. The van der Waals surface area contributed by atoms with Gasteiger partial charge in [-0.1, -0.05) is 86.5 Å². The molecule has 0 atom stereocenters. The van der Waals surface area contributed by atoms with E-state index in [-0.39, 0.29) is 6.42 Å². The first-order valence-electron chi connectivity index (χ1n) is 19.2. The van der Waals surface area contributed by atoms with Gasteiger partial charge in [0.25, 0.3) is 11.8 Å². The summed E-state index contributed by atoms with van der Waals surface area (Å²) < 4.78 is 11.2. The Hall–Kier alpha value is -5.55. The molecule has 6 aromatic rings. The van der Waals surface area contributed by atoms with E-state index < -0.39 is 5.97 Å². The van der Waals surface area contributed by atoms with Crippen LogP contribution in [0.5, 0.6) is 0 Å². The second kappa shape index (κ2) is 16.0. The molecule has 2 aromatic carbocycles. The molecule has 3 N–H and O–H groups in total. The fraction of sp³-hybridized carbons (Fsp3) is 0.386. The summed E-state index contributed by atoms with van der Waals surface area (Å²) in [6, 6.07) is 16.0. The molecule has 4 aromatic heterocycles. The Morgan fingerprint density at radius 3 is 1.58 bits per heavy atom. The second-order valence-corrected chi connectivity index (χ2v) is 16.4. The minimum absolute atomic E-state index is 0.183. The van der Waals surface area contributed by atoms with Crippen molar-refractivity contribution >= 4 is 5.97 Å². The van der Waals surface area contributed by atoms with Crippen LogP contribution in [0.3, 0.4) is 0 Å². The molecule has 0 saturated heterocycles. The number of pyridine rings is 2. The summed E-state index contributed by atoms with van der Waals surface area (Å²) in [5, 5.41) is 17.1. The lowest BCUT2D eigenvalue weighted by Crippen LogP contribution is -2.22. The van der Waals surface area contributed by atoms with Gasteiger partial charge in [0, 0.05) is 42.3 Å². The summed E-state index contributed by atoms with van der Waals surface area (Å²) in [6.45, 7) is 9.84. The minimum atomic E-state index is -0.762. The van der Waals surface area contributed by atoms with Gasteiger partial charge in [0.15, 0.2) is 0 Å². The molecule has 0 aliphatic heterocycles. The smallest absolute Gasteiger partial charge is 0.303 e. The van der Waals surface area contributed by atoms with E-state index in [0.29, 0.717) is 47.2 Å². The maximum atomic E-state index is 10.6. The van der Waals surface area contributed by atoms with Crippen LogP contribution >= 0.6 is 0 Å². The van der Waals surface area contributed by atoms with E-state index in [1.807, 2.05) is 61.2 Å². The Labute approximate surface area is 321 Å². The monoisotopic (exact) mass is 739 g/mol. The first-order chi connectivity index (χ1) is 26.5. The van der Waals surface area contributed by atoms with Crippen molar-refractivity contribution in [2.75, 3.05) is 6.54 Å². The maximum Gasteiger partial charge on any atom is 0.303 e. The van der Waals surface area contributed by atoms with Crippen LogP contribution in [0.2, 0.25) is 0 Å². The zero-order valence-electron chi connectivity index (χ0n) is 32.1. The van der Waals surface area contributed by atoms with Gasteiger partial charge in [0.05, 0.1) is 11.1 Å². The molecule has 0 fully saturated rings. The number of carbonyl (C=O) groups is 1. The molecule has 0 unspecified atom stereocenters. The van der Waals surface area contributed by atoms with Crippen LogP contribution in [0.4, 0.5) is 0 Å². The van der Waals surface area contributed by atoms with E-state index in [1.165, 1.54) is 27.8 Å². The number of aryl methyl sites for hydroxylation is 1. The van der Waals surface area contributed by atoms with Gasteiger partial charge >= 0.3 is 5.97 Å². The Balaban J connectivity index is 0.000000170. The number of aliphatic carboxylic acids is 1. The lowest BCUT2D eigenvalue weighted by atomic mass is 9.74. The molecule has 55 heavy (non-hydrogen) atoms. The topological polar surface area (TPSA) is 167 Å². The molecule has 4 heterocycles. The standard InChI is InChI=1S/C23H25N3O3.C21H24N4O/c1-23(2)11-10-18-17(12-23)13-24-14-19(18)22-25-21(26-29-22)16-8-6-15(7-9-16)4-3-5-20(27)28;1-21(2)9-7-17-16(11-21)12-23-13-18(17)20-24-19(25-26-20)15-5-3-14(4-6-15)8-10-22/h6-9,13-14H,3-5,10-12H2,1-2H3,(H,27,28);3-6,12-13H,7-11,22H2,1-2H3. The number of hydrogen-bond donors (Lipinski definition) is 2. The summed E-state index contributed by atoms with van der Waals surface area (Å²) in [7, 11) is 0. The van der Waals surface area contributed by atoms with Gasteiger partial charge in [0.2, 0.25) is 11.6 Å². The minimum Gasteiger partial charge on any atom is -0.481 e. The number of rotatable bonds is 10. The highest BCUT2D eigenvalue weighted by Gasteiger charge is 2.30. The first-order valence-corrected chi connectivity index (χ1v) is 19.2. The van der Waals surface area contributed by atoms with Crippen molar-refractivity contribution in [3.05, 3.63) is 107 Å². The molecule has 2 aliphatic rings. The van der Waals surface area contributed by atoms with Crippen LogP contribution in [0.1, 0.15) is 86.8 Å². The van der Waals surface area contributed by atoms with Crippen molar-refractivity contribution in [1.82, 2.24) is 30.2 Å². The predicted molar refractivity (Wildman–Crippen MR) is 211 cm³/mol. The number of aromatic nitrogens is 6. The highest BCUT2D eigenvalue weighted by Crippen LogP contribution is 2.40. The average molecular weight is 740 g/mol. The fourth-order valence-electron chi connectivity index (χ4n) is 7.61. The third kappa shape index (κ3) is 9.05. The lowest BCUT2D eigenvalue weighted by molar-refractivity contribution is -0.137. The molecule has 0 spiro atoms. The lowest BCUT2D eigenvalue weighted by Gasteiger charge is -2.31. The van der Waals surface area contributed by atoms with Crippen LogP contribution in [0.25, 0.3) is 45.7 Å². The second-order valence-electron chi connectivity index (χ2n) is 16.4. The summed E-state index contributed by atoms with van der Waals surface area (Å²) in [6.07, 6.45) is 16.4. The molecule has 11 nitrogen and oxygen atoms in total. The van der Waals surface area contributed by atoms with E-state index in [9.17, 15) is 4.79 Å². The van der Waals surface area contributed by atoms with E-state index >= 15 is 0 Å². The predicted octanol–water partition coefficient (Wildman–Crippen LogP) is 8.54. The number of fused-ring (bicyclic) bond motifs is 2. The van der Waals surface area contributed by atoms with Crippen molar-refractivity contribution < 1.29 is 18.9 Å². The van der Waals surface area contributed by atoms with Gasteiger partial charge in [-0.05, 0) is 109 Å². The van der Waals surface area contributed by atoms with Gasteiger partial charge in [-0.2, -0.15) is 9.97 Å². The summed E-state index contributed by atoms with van der Waals surface area (Å²) in [4.78, 5) is 28.7. The zero-order valence-corrected chi connectivity index (χ0v) is 32.1. The normalized spacial score (nSPS) is 15.4. The quantitative estimate of drug-likeness (QED) is 0.138. The number of nitrogens with zero attached hydrogens (tertiary/aromatic N) is 6. The van der Waals surface area contributed by atoms with Crippen molar-refractivity contribution in [3.8, 4) is 45.7 Å². The molecule has 284 valence electrons. The highest BCUT2D eigenvalue weighted by atomic mass is 16.5. The summed E-state index contributed by atoms with van der Waals surface area (Å²) in [5.41, 5.74) is 17.4. The van der Waals surface area contributed by atoms with Gasteiger partial charge in [-0.15, -0.1) is 0 Å². The molecule has 2 aliphatic carbocycles. The number of benzene rings is 2. The van der Waals surface area contributed by atoms with E-state index in [4.69, 9.17) is 19.9 Å². The summed E-state index contributed by atoms with van der Waals surface area (Å²) >= 11 is 0. The third-order valence-electron chi connectivity index (χ3n) is 10.8. The molecule has 11 heteroatoms. The van der Waals surface area contributed by atoms with Crippen LogP contribution in [0.15, 0.2) is 82.4 Å². The van der Waals surface area contributed by atoms with Crippen molar-refractivity contribution in [3.63, 3.8) is 0 Å². The van der Waals surface area contributed by atoms with Crippen LogP contribution < -0.4 is 5.73 Å². The molecule has 8 rings (SSSR count). The molecular formula is C44H49N7O4. The SMILES string of the molecule is CC1(C)CCc2c(cncc2-c2nc(-c3ccc(CCCC(=O)O)cc3)no2)C1.CC1(C)CCc2c(cncc2-c2nc(-c3ccc(CCN)cc3)no2)C1. The van der Waals surface area contributed by atoms with Gasteiger partial charge < -0.3 is 19.9 Å². The molecule has 0 saturated carbocycles. The van der Waals surface area contributed by atoms with Crippen molar-refractivity contribution in [2.45, 2.75) is 91.9 Å². The molecule has 0 bridgehead atoms. The third-order valence-corrected chi connectivity index (χ3v) is 10.8. The Bertz CT molecular complexity index is 2250. The number of hydrogen-bond acceptors (Lipinski definition) is 10. The highest BCUT2D eigenvalue weighted by molar-refractivity contribution is 5.67. The fourth-order valence-corrected chi connectivity index (χ4v) is 7.61. The molecule has 0 amide bonds. The molecular weight excluding hydrogens is 691 g/mol. The van der Waals surface area contributed by atoms with E-state index in [1.54, 1.807) is 0 Å². The van der Waals surface area contributed by atoms with Gasteiger partial charge in [-0.3, -0.25) is 14.8 Å². The zero-order chi connectivity index (χ0) is 38.6. The van der Waals surface area contributed by atoms with E-state index in [2.05, 4.69) is 70.1 Å². The van der Waals surface area contributed by atoms with Gasteiger partial charge in [0.1, 0.15) is 0 Å². The van der Waals surface area contributed by atoms with Crippen LogP contribution in [-0.4, -0.2) is 47.9 Å². The first kappa shape index (κ1) is 37.8. The Kier molecular flexibility index (Phi) is 11.0. The number of carboxylic acids is 1.